The molecule has 0 aliphatic carbocycles. The summed E-state index contributed by atoms with van der Waals surface area (Å²) in [4.78, 5) is 22.6. The number of halogens is 1. The number of nitrogens with zero attached hydrogens (tertiary/aromatic N) is 3. The average molecular weight is 524 g/mol. The van der Waals surface area contributed by atoms with E-state index in [1.807, 2.05) is 47.4 Å². The first-order chi connectivity index (χ1) is 19.1. The first-order valence-corrected chi connectivity index (χ1v) is 13.6. The maximum absolute atomic E-state index is 13.8. The van der Waals surface area contributed by atoms with Crippen LogP contribution < -0.4 is 0 Å². The van der Waals surface area contributed by atoms with Crippen LogP contribution in [0.1, 0.15) is 33.6 Å². The van der Waals surface area contributed by atoms with E-state index >= 15 is 0 Å². The van der Waals surface area contributed by atoms with Crippen molar-refractivity contribution >= 4 is 5.91 Å². The van der Waals surface area contributed by atoms with E-state index in [0.29, 0.717) is 18.7 Å². The van der Waals surface area contributed by atoms with Gasteiger partial charge in [-0.15, -0.1) is 0 Å². The molecule has 200 valence electrons. The van der Waals surface area contributed by atoms with Crippen molar-refractivity contribution in [3.63, 3.8) is 0 Å². The minimum atomic E-state index is -0.282. The fraction of sp³-hybridized carbons (Fsp3) is 0.273. The highest BCUT2D eigenvalue weighted by Crippen LogP contribution is 2.23. The molecule has 1 amide bonds. The molecule has 5 nitrogen and oxygen atoms in total. The SMILES string of the molecule is O=C(c1cccc(-c2ccc(F)cc2)c1)N(Cc1cccc(CCCN2CCOCC2)c1)Cc1ccccn1. The van der Waals surface area contributed by atoms with Crippen molar-refractivity contribution in [2.75, 3.05) is 32.8 Å². The third kappa shape index (κ3) is 7.59. The smallest absolute Gasteiger partial charge is 0.254 e. The highest BCUT2D eigenvalue weighted by molar-refractivity contribution is 5.95. The Morgan fingerprint density at radius 3 is 2.44 bits per heavy atom. The molecule has 1 fully saturated rings. The summed E-state index contributed by atoms with van der Waals surface area (Å²) in [7, 11) is 0. The summed E-state index contributed by atoms with van der Waals surface area (Å²) in [5, 5.41) is 0. The lowest BCUT2D eigenvalue weighted by Gasteiger charge is -2.26. The summed E-state index contributed by atoms with van der Waals surface area (Å²) in [5.41, 5.74) is 5.55. The monoisotopic (exact) mass is 523 g/mol. The molecule has 0 bridgehead atoms. The molecule has 0 atom stereocenters. The Hall–Kier alpha value is -3.87. The third-order valence-electron chi connectivity index (χ3n) is 7.06. The van der Waals surface area contributed by atoms with E-state index in [0.717, 1.165) is 68.1 Å². The van der Waals surface area contributed by atoms with Gasteiger partial charge in [-0.1, -0.05) is 54.6 Å². The number of benzene rings is 3. The van der Waals surface area contributed by atoms with Gasteiger partial charge in [0.15, 0.2) is 0 Å². The lowest BCUT2D eigenvalue weighted by molar-refractivity contribution is 0.0374. The van der Waals surface area contributed by atoms with Crippen LogP contribution in [-0.4, -0.2) is 53.5 Å². The highest BCUT2D eigenvalue weighted by Gasteiger charge is 2.18. The Labute approximate surface area is 229 Å². The third-order valence-corrected chi connectivity index (χ3v) is 7.06. The van der Waals surface area contributed by atoms with E-state index in [1.54, 1.807) is 18.3 Å². The second-order valence-electron chi connectivity index (χ2n) is 9.95. The van der Waals surface area contributed by atoms with Crippen LogP contribution in [0.2, 0.25) is 0 Å². The number of aryl methyl sites for hydroxylation is 1. The summed E-state index contributed by atoms with van der Waals surface area (Å²) in [6.07, 6.45) is 3.84. The maximum Gasteiger partial charge on any atom is 0.254 e. The van der Waals surface area contributed by atoms with Crippen molar-refractivity contribution in [2.45, 2.75) is 25.9 Å². The first-order valence-electron chi connectivity index (χ1n) is 13.6. The molecule has 4 aromatic rings. The van der Waals surface area contributed by atoms with Crippen LogP contribution in [0.25, 0.3) is 11.1 Å². The molecule has 0 N–H and O–H groups in total. The van der Waals surface area contributed by atoms with Gasteiger partial charge in [0.2, 0.25) is 0 Å². The van der Waals surface area contributed by atoms with Crippen LogP contribution in [-0.2, 0) is 24.2 Å². The van der Waals surface area contributed by atoms with E-state index in [9.17, 15) is 9.18 Å². The van der Waals surface area contributed by atoms with E-state index in [4.69, 9.17) is 4.74 Å². The van der Waals surface area contributed by atoms with Crippen molar-refractivity contribution in [3.8, 4) is 11.1 Å². The molecule has 0 spiro atoms. The number of hydrogen-bond donors (Lipinski definition) is 0. The second-order valence-corrected chi connectivity index (χ2v) is 9.95. The molecule has 0 radical (unpaired) electrons. The topological polar surface area (TPSA) is 45.7 Å². The molecule has 0 unspecified atom stereocenters. The van der Waals surface area contributed by atoms with Gasteiger partial charge in [0.1, 0.15) is 5.82 Å². The molecule has 1 aromatic heterocycles. The maximum atomic E-state index is 13.8. The van der Waals surface area contributed by atoms with Gasteiger partial charge in [0, 0.05) is 31.4 Å². The fourth-order valence-corrected chi connectivity index (χ4v) is 4.98. The van der Waals surface area contributed by atoms with Crippen LogP contribution in [0.4, 0.5) is 4.39 Å². The molecule has 5 rings (SSSR count). The van der Waals surface area contributed by atoms with Gasteiger partial charge < -0.3 is 9.64 Å². The van der Waals surface area contributed by atoms with Crippen molar-refractivity contribution in [3.05, 3.63) is 125 Å². The van der Waals surface area contributed by atoms with E-state index in [1.165, 1.54) is 17.7 Å². The van der Waals surface area contributed by atoms with Gasteiger partial charge in [-0.2, -0.15) is 0 Å². The zero-order chi connectivity index (χ0) is 26.9. The number of pyridine rings is 1. The summed E-state index contributed by atoms with van der Waals surface area (Å²) < 4.78 is 18.9. The molecule has 0 saturated carbocycles. The van der Waals surface area contributed by atoms with Gasteiger partial charge >= 0.3 is 0 Å². The molecule has 1 saturated heterocycles. The number of morpholine rings is 1. The molecule has 39 heavy (non-hydrogen) atoms. The van der Waals surface area contributed by atoms with Crippen LogP contribution >= 0.6 is 0 Å². The zero-order valence-corrected chi connectivity index (χ0v) is 22.1. The van der Waals surface area contributed by atoms with E-state index in [2.05, 4.69) is 34.1 Å². The number of rotatable bonds is 10. The number of carbonyl (C=O) groups is 1. The Morgan fingerprint density at radius 2 is 1.64 bits per heavy atom. The van der Waals surface area contributed by atoms with Crippen LogP contribution in [0.15, 0.2) is 97.2 Å². The van der Waals surface area contributed by atoms with Gasteiger partial charge in [0.05, 0.1) is 25.5 Å². The number of amides is 1. The summed E-state index contributed by atoms with van der Waals surface area (Å²) in [6.45, 7) is 5.61. The Bertz CT molecular complexity index is 1360. The van der Waals surface area contributed by atoms with E-state index < -0.39 is 0 Å². The Morgan fingerprint density at radius 1 is 0.846 bits per heavy atom. The lowest BCUT2D eigenvalue weighted by Crippen LogP contribution is -2.36. The van der Waals surface area contributed by atoms with Gasteiger partial charge in [-0.25, -0.2) is 4.39 Å². The molecule has 1 aliphatic rings. The Kier molecular flexibility index (Phi) is 9.09. The highest BCUT2D eigenvalue weighted by atomic mass is 19.1. The summed E-state index contributed by atoms with van der Waals surface area (Å²) in [6, 6.07) is 28.2. The zero-order valence-electron chi connectivity index (χ0n) is 22.1. The normalized spacial score (nSPS) is 13.8. The molecule has 6 heteroatoms. The van der Waals surface area contributed by atoms with Gasteiger partial charge in [-0.3, -0.25) is 14.7 Å². The number of hydrogen-bond acceptors (Lipinski definition) is 4. The average Bonchev–Trinajstić information content (AvgIpc) is 2.98. The molecular formula is C33H34FN3O2. The first kappa shape index (κ1) is 26.7. The van der Waals surface area contributed by atoms with Crippen molar-refractivity contribution in [1.82, 2.24) is 14.8 Å². The van der Waals surface area contributed by atoms with Crippen LogP contribution in [0.5, 0.6) is 0 Å². The number of aromatic nitrogens is 1. The van der Waals surface area contributed by atoms with Crippen molar-refractivity contribution in [2.24, 2.45) is 0 Å². The van der Waals surface area contributed by atoms with Gasteiger partial charge in [0.25, 0.3) is 5.91 Å². The number of ether oxygens (including phenoxy) is 1. The predicted octanol–water partition coefficient (Wildman–Crippen LogP) is 6.00. The van der Waals surface area contributed by atoms with Gasteiger partial charge in [-0.05, 0) is 78.0 Å². The van der Waals surface area contributed by atoms with Crippen LogP contribution in [0.3, 0.4) is 0 Å². The summed E-state index contributed by atoms with van der Waals surface area (Å²) in [5.74, 6) is -0.349. The minimum absolute atomic E-state index is 0.0673. The lowest BCUT2D eigenvalue weighted by atomic mass is 10.0. The van der Waals surface area contributed by atoms with Crippen molar-refractivity contribution < 1.29 is 13.9 Å². The number of carbonyl (C=O) groups excluding carboxylic acids is 1. The largest absolute Gasteiger partial charge is 0.379 e. The second kappa shape index (κ2) is 13.3. The van der Waals surface area contributed by atoms with Crippen LogP contribution in [0, 0.1) is 5.82 Å². The molecule has 2 heterocycles. The molecule has 1 aliphatic heterocycles. The predicted molar refractivity (Wildman–Crippen MR) is 152 cm³/mol. The molecule has 3 aromatic carbocycles. The van der Waals surface area contributed by atoms with Crippen molar-refractivity contribution in [1.29, 1.82) is 0 Å². The minimum Gasteiger partial charge on any atom is -0.379 e. The Balaban J connectivity index is 1.32. The van der Waals surface area contributed by atoms with E-state index in [-0.39, 0.29) is 11.7 Å². The quantitative estimate of drug-likeness (QED) is 0.256. The summed E-state index contributed by atoms with van der Waals surface area (Å²) >= 11 is 0. The fourth-order valence-electron chi connectivity index (χ4n) is 4.98. The standard InChI is InChI=1S/C33H34FN3O2/c34-31-14-12-28(13-15-31)29-9-4-10-30(23-29)33(38)37(25-32-11-1-2-16-35-32)24-27-7-3-6-26(22-27)8-5-17-36-18-20-39-21-19-36/h1-4,6-7,9-16,22-23H,5,8,17-21,24-25H2. The molecular weight excluding hydrogens is 489 g/mol.